The van der Waals surface area contributed by atoms with Crippen LogP contribution in [0.5, 0.6) is 0 Å². The lowest BCUT2D eigenvalue weighted by molar-refractivity contribution is -0.0601. The molecule has 0 amide bonds. The first-order chi connectivity index (χ1) is 8.75. The van der Waals surface area contributed by atoms with E-state index in [1.807, 2.05) is 0 Å². The molecule has 0 aromatic heterocycles. The Morgan fingerprint density at radius 2 is 2.00 bits per heavy atom. The summed E-state index contributed by atoms with van der Waals surface area (Å²) in [5.74, 6) is 0.648. The fourth-order valence-corrected chi connectivity index (χ4v) is 2.90. The number of ether oxygens (including phenoxy) is 2. The maximum Gasteiger partial charge on any atom is 0.0900 e. The zero-order valence-electron chi connectivity index (χ0n) is 11.5. The van der Waals surface area contributed by atoms with Crippen LogP contribution >= 0.6 is 0 Å². The van der Waals surface area contributed by atoms with Gasteiger partial charge < -0.3 is 14.6 Å². The van der Waals surface area contributed by atoms with E-state index in [0.717, 1.165) is 32.7 Å². The molecule has 4 heteroatoms. The van der Waals surface area contributed by atoms with Crippen molar-refractivity contribution < 1.29 is 14.6 Å². The van der Waals surface area contributed by atoms with Crippen molar-refractivity contribution in [1.82, 2.24) is 4.90 Å². The molecular formula is C14H27NO3. The number of hydrogen-bond donors (Lipinski definition) is 1. The predicted octanol–water partition coefficient (Wildman–Crippen LogP) is 1.27. The van der Waals surface area contributed by atoms with E-state index in [0.29, 0.717) is 25.2 Å². The number of aliphatic hydroxyl groups is 1. The van der Waals surface area contributed by atoms with Gasteiger partial charge in [0.05, 0.1) is 32.0 Å². The molecule has 2 rings (SSSR count). The first kappa shape index (κ1) is 14.3. The monoisotopic (exact) mass is 257 g/mol. The minimum atomic E-state index is -0.364. The second kappa shape index (κ2) is 7.43. The van der Waals surface area contributed by atoms with Crippen molar-refractivity contribution in [2.75, 3.05) is 39.5 Å². The summed E-state index contributed by atoms with van der Waals surface area (Å²) in [7, 11) is 0. The van der Waals surface area contributed by atoms with E-state index in [1.54, 1.807) is 0 Å². The van der Waals surface area contributed by atoms with Gasteiger partial charge in [0.1, 0.15) is 0 Å². The molecule has 0 spiro atoms. The Hall–Kier alpha value is -0.160. The Labute approximate surface area is 110 Å². The fraction of sp³-hybridized carbons (Fsp3) is 1.00. The third-order valence-corrected chi connectivity index (χ3v) is 4.11. The van der Waals surface area contributed by atoms with Gasteiger partial charge in [-0.2, -0.15) is 0 Å². The van der Waals surface area contributed by atoms with Crippen LogP contribution in [0.1, 0.15) is 32.6 Å². The third-order valence-electron chi connectivity index (χ3n) is 4.11. The molecule has 18 heavy (non-hydrogen) atoms. The van der Waals surface area contributed by atoms with Gasteiger partial charge in [-0.05, 0) is 18.8 Å². The van der Waals surface area contributed by atoms with E-state index in [9.17, 15) is 5.11 Å². The average molecular weight is 257 g/mol. The zero-order chi connectivity index (χ0) is 12.8. The van der Waals surface area contributed by atoms with Gasteiger partial charge in [-0.3, -0.25) is 4.90 Å². The number of aliphatic hydroxyl groups excluding tert-OH is 1. The molecule has 106 valence electrons. The molecule has 0 aromatic rings. The largest absolute Gasteiger partial charge is 0.389 e. The molecule has 2 unspecified atom stereocenters. The lowest BCUT2D eigenvalue weighted by Crippen LogP contribution is -2.42. The summed E-state index contributed by atoms with van der Waals surface area (Å²) in [4.78, 5) is 2.25. The van der Waals surface area contributed by atoms with Crippen molar-refractivity contribution in [3.8, 4) is 0 Å². The molecule has 0 radical (unpaired) electrons. The standard InChI is InChI=1S/C14H27NO3/c1-12-4-2-3-5-14(12)18-11-13(16)10-15-6-8-17-9-7-15/h12-14,16H,2-11H2,1H3/t12?,13-,14?/m1/s1. The van der Waals surface area contributed by atoms with E-state index in [-0.39, 0.29) is 6.10 Å². The molecule has 1 aliphatic carbocycles. The first-order valence-electron chi connectivity index (χ1n) is 7.35. The fourth-order valence-electron chi connectivity index (χ4n) is 2.90. The SMILES string of the molecule is CC1CCCCC1OC[C@H](O)CN1CCOCC1. The van der Waals surface area contributed by atoms with Crippen molar-refractivity contribution in [1.29, 1.82) is 0 Å². The van der Waals surface area contributed by atoms with Crippen LogP contribution in [-0.2, 0) is 9.47 Å². The second-order valence-electron chi connectivity index (χ2n) is 5.70. The van der Waals surface area contributed by atoms with E-state index < -0.39 is 0 Å². The van der Waals surface area contributed by atoms with Crippen LogP contribution in [0.4, 0.5) is 0 Å². The Morgan fingerprint density at radius 3 is 2.72 bits per heavy atom. The molecule has 1 saturated carbocycles. The lowest BCUT2D eigenvalue weighted by atomic mass is 9.88. The van der Waals surface area contributed by atoms with Gasteiger partial charge >= 0.3 is 0 Å². The van der Waals surface area contributed by atoms with Crippen LogP contribution in [0, 0.1) is 5.92 Å². The van der Waals surface area contributed by atoms with Crippen LogP contribution in [-0.4, -0.2) is 61.7 Å². The van der Waals surface area contributed by atoms with Gasteiger partial charge in [0.15, 0.2) is 0 Å². The summed E-state index contributed by atoms with van der Waals surface area (Å²) in [6, 6.07) is 0. The van der Waals surface area contributed by atoms with Crippen LogP contribution < -0.4 is 0 Å². The van der Waals surface area contributed by atoms with Gasteiger partial charge in [0.25, 0.3) is 0 Å². The molecule has 4 nitrogen and oxygen atoms in total. The highest BCUT2D eigenvalue weighted by molar-refractivity contribution is 4.74. The number of nitrogens with zero attached hydrogens (tertiary/aromatic N) is 1. The molecular weight excluding hydrogens is 230 g/mol. The van der Waals surface area contributed by atoms with Gasteiger partial charge in [0, 0.05) is 19.6 Å². The lowest BCUT2D eigenvalue weighted by Gasteiger charge is -2.31. The quantitative estimate of drug-likeness (QED) is 0.805. The van der Waals surface area contributed by atoms with Crippen LogP contribution in [0.15, 0.2) is 0 Å². The zero-order valence-corrected chi connectivity index (χ0v) is 11.5. The van der Waals surface area contributed by atoms with E-state index >= 15 is 0 Å². The number of β-amino-alcohol motifs (C(OH)–C–C–N with tert-alkyl or cyclic N) is 1. The first-order valence-corrected chi connectivity index (χ1v) is 7.35. The number of rotatable bonds is 5. The molecule has 0 bridgehead atoms. The summed E-state index contributed by atoms with van der Waals surface area (Å²) in [6.07, 6.45) is 5.03. The van der Waals surface area contributed by atoms with Crippen LogP contribution in [0.2, 0.25) is 0 Å². The maximum absolute atomic E-state index is 10.0. The highest BCUT2D eigenvalue weighted by Gasteiger charge is 2.23. The third kappa shape index (κ3) is 4.50. The van der Waals surface area contributed by atoms with Crippen molar-refractivity contribution in [2.24, 2.45) is 5.92 Å². The molecule has 1 aliphatic heterocycles. The number of morpholine rings is 1. The van der Waals surface area contributed by atoms with Crippen molar-refractivity contribution in [3.05, 3.63) is 0 Å². The van der Waals surface area contributed by atoms with E-state index in [4.69, 9.17) is 9.47 Å². The molecule has 3 atom stereocenters. The topological polar surface area (TPSA) is 41.9 Å². The molecule has 1 N–H and O–H groups in total. The summed E-state index contributed by atoms with van der Waals surface area (Å²) in [5.41, 5.74) is 0. The second-order valence-corrected chi connectivity index (χ2v) is 5.70. The minimum Gasteiger partial charge on any atom is -0.389 e. The van der Waals surface area contributed by atoms with Crippen molar-refractivity contribution >= 4 is 0 Å². The van der Waals surface area contributed by atoms with E-state index in [1.165, 1.54) is 19.3 Å². The highest BCUT2D eigenvalue weighted by atomic mass is 16.5. The Balaban J connectivity index is 1.62. The Bertz CT molecular complexity index is 231. The Kier molecular flexibility index (Phi) is 5.89. The smallest absolute Gasteiger partial charge is 0.0900 e. The molecule has 2 fully saturated rings. The van der Waals surface area contributed by atoms with Gasteiger partial charge in [0.2, 0.25) is 0 Å². The van der Waals surface area contributed by atoms with Crippen LogP contribution in [0.25, 0.3) is 0 Å². The number of hydrogen-bond acceptors (Lipinski definition) is 4. The Morgan fingerprint density at radius 1 is 1.28 bits per heavy atom. The predicted molar refractivity (Wildman–Crippen MR) is 70.6 cm³/mol. The molecule has 2 aliphatic rings. The summed E-state index contributed by atoms with van der Waals surface area (Å²) < 4.78 is 11.2. The van der Waals surface area contributed by atoms with Gasteiger partial charge in [-0.1, -0.05) is 19.8 Å². The molecule has 1 saturated heterocycles. The van der Waals surface area contributed by atoms with Crippen molar-refractivity contribution in [3.63, 3.8) is 0 Å². The van der Waals surface area contributed by atoms with Gasteiger partial charge in [-0.25, -0.2) is 0 Å². The maximum atomic E-state index is 10.0. The van der Waals surface area contributed by atoms with Gasteiger partial charge in [-0.15, -0.1) is 0 Å². The van der Waals surface area contributed by atoms with E-state index in [2.05, 4.69) is 11.8 Å². The molecule has 1 heterocycles. The summed E-state index contributed by atoms with van der Waals surface area (Å²) in [6.45, 7) is 6.88. The minimum absolute atomic E-state index is 0.359. The van der Waals surface area contributed by atoms with Crippen molar-refractivity contribution in [2.45, 2.75) is 44.8 Å². The average Bonchev–Trinajstić information content (AvgIpc) is 2.39. The normalized spacial score (nSPS) is 32.3. The highest BCUT2D eigenvalue weighted by Crippen LogP contribution is 2.26. The molecule has 0 aromatic carbocycles. The van der Waals surface area contributed by atoms with Crippen LogP contribution in [0.3, 0.4) is 0 Å². The summed E-state index contributed by atoms with van der Waals surface area (Å²) >= 11 is 0. The summed E-state index contributed by atoms with van der Waals surface area (Å²) in [5, 5.41) is 10.0.